The maximum atomic E-state index is 12.1. The van der Waals surface area contributed by atoms with E-state index in [9.17, 15) is 9.90 Å². The van der Waals surface area contributed by atoms with Gasteiger partial charge in [-0.3, -0.25) is 5.41 Å². The molecule has 1 heterocycles. The number of amides is 1. The van der Waals surface area contributed by atoms with Crippen molar-refractivity contribution in [3.05, 3.63) is 36.0 Å². The lowest BCUT2D eigenvalue weighted by molar-refractivity contribution is -0.115. The van der Waals surface area contributed by atoms with Crippen LogP contribution in [0.3, 0.4) is 0 Å². The van der Waals surface area contributed by atoms with Crippen molar-refractivity contribution in [3.63, 3.8) is 0 Å². The van der Waals surface area contributed by atoms with Gasteiger partial charge in [-0.15, -0.1) is 0 Å². The van der Waals surface area contributed by atoms with E-state index in [0.717, 1.165) is 6.42 Å². The molecule has 1 aromatic rings. The molecule has 0 spiro atoms. The molecule has 1 aliphatic heterocycles. The number of nitrogens with one attached hydrogen (secondary N) is 2. The molecule has 5 N–H and O–H groups in total. The number of nitrogens with two attached hydrogens (primary N) is 1. The number of hydrogen-bond acceptors (Lipinski definition) is 5. The third-order valence-electron chi connectivity index (χ3n) is 3.03. The lowest BCUT2D eigenvalue weighted by Gasteiger charge is -2.12. The topological polar surface area (TPSA) is 105 Å². The summed E-state index contributed by atoms with van der Waals surface area (Å²) in [5, 5.41) is 20.7. The molecular weight excluding hydrogens is 286 g/mol. The number of hydrogen-bond donors (Lipinski definition) is 4. The summed E-state index contributed by atoms with van der Waals surface area (Å²) in [4.78, 5) is 12.1. The fourth-order valence-corrected chi connectivity index (χ4v) is 2.00. The first-order valence-electron chi connectivity index (χ1n) is 6.94. The second kappa shape index (κ2) is 7.46. The predicted molar refractivity (Wildman–Crippen MR) is 80.6 cm³/mol. The van der Waals surface area contributed by atoms with Crippen molar-refractivity contribution in [2.75, 3.05) is 20.3 Å². The quantitative estimate of drug-likeness (QED) is 0.420. The van der Waals surface area contributed by atoms with Crippen LogP contribution in [0.4, 0.5) is 0 Å². The van der Waals surface area contributed by atoms with E-state index in [4.69, 9.17) is 14.9 Å². The maximum Gasteiger partial charge on any atom is 0.339 e. The zero-order valence-corrected chi connectivity index (χ0v) is 12.3. The van der Waals surface area contributed by atoms with Crippen molar-refractivity contribution in [2.45, 2.75) is 12.5 Å². The van der Waals surface area contributed by atoms with Crippen molar-refractivity contribution in [1.29, 1.82) is 0 Å². The van der Waals surface area contributed by atoms with Crippen LogP contribution in [-0.2, 0) is 4.74 Å². The monoisotopic (exact) mass is 306 g/mol. The average molecular weight is 306 g/mol. The van der Waals surface area contributed by atoms with Crippen LogP contribution < -0.4 is 20.8 Å². The van der Waals surface area contributed by atoms with Crippen molar-refractivity contribution in [2.24, 2.45) is 0 Å². The maximum absolute atomic E-state index is 12.1. The highest BCUT2D eigenvalue weighted by atomic mass is 16.5. The third-order valence-corrected chi connectivity index (χ3v) is 3.03. The number of amidine groups is 1. The number of ether oxygens (including phenoxy) is 2. The van der Waals surface area contributed by atoms with Gasteiger partial charge in [0, 0.05) is 31.8 Å². The summed E-state index contributed by atoms with van der Waals surface area (Å²) in [5.41, 5.74) is 0.259. The third kappa shape index (κ3) is 4.49. The predicted octanol–water partition coefficient (Wildman–Crippen LogP) is -0.820. The van der Waals surface area contributed by atoms with E-state index in [1.54, 1.807) is 19.3 Å². The zero-order chi connectivity index (χ0) is 15.9. The molecule has 0 radical (unpaired) electrons. The Morgan fingerprint density at radius 1 is 1.50 bits per heavy atom. The first-order chi connectivity index (χ1) is 10.6. The minimum atomic E-state index is -0.429. The molecule has 22 heavy (non-hydrogen) atoms. The van der Waals surface area contributed by atoms with Crippen LogP contribution >= 0.6 is 0 Å². The number of carbonyl (C=O) groups excluding carboxylic acids is 1. The second-order valence-electron chi connectivity index (χ2n) is 4.85. The van der Waals surface area contributed by atoms with Crippen LogP contribution in [0.2, 0.25) is 0 Å². The number of rotatable bonds is 5. The molecule has 0 bridgehead atoms. The van der Waals surface area contributed by atoms with E-state index in [0.29, 0.717) is 19.0 Å². The standard InChI is InChI=1S/C15H19N3O4/c1-17-4-2-14(16)18-15(20)10-6-11(19)8-13(7-10)22-12-3-5-21-9-12/h2,4,6-8,12,17,19H,3,5,9H2,1H3,(H2,16,18,20)/p+1/b4-2-/t12-/m1/s1. The molecule has 1 atom stereocenters. The van der Waals surface area contributed by atoms with E-state index in [-0.39, 0.29) is 23.3 Å². The number of aromatic hydroxyl groups is 1. The molecule has 7 nitrogen and oxygen atoms in total. The van der Waals surface area contributed by atoms with Gasteiger partial charge in [-0.2, -0.15) is 0 Å². The van der Waals surface area contributed by atoms with Crippen LogP contribution in [0.15, 0.2) is 30.5 Å². The molecule has 1 saturated heterocycles. The number of benzene rings is 1. The molecule has 118 valence electrons. The molecule has 2 rings (SSSR count). The summed E-state index contributed by atoms with van der Waals surface area (Å²) in [6.45, 7) is 1.16. The van der Waals surface area contributed by atoms with E-state index in [1.807, 2.05) is 0 Å². The van der Waals surface area contributed by atoms with E-state index >= 15 is 0 Å². The first kappa shape index (κ1) is 15.8. The van der Waals surface area contributed by atoms with Crippen molar-refractivity contribution < 1.29 is 24.8 Å². The summed E-state index contributed by atoms with van der Waals surface area (Å²) < 4.78 is 10.9. The fraction of sp³-hybridized carbons (Fsp3) is 0.333. The summed E-state index contributed by atoms with van der Waals surface area (Å²) >= 11 is 0. The molecule has 7 heteroatoms. The molecule has 0 unspecified atom stereocenters. The molecule has 1 amide bonds. The summed E-state index contributed by atoms with van der Waals surface area (Å²) in [5.74, 6) is 0.131. The minimum Gasteiger partial charge on any atom is -0.508 e. The largest absolute Gasteiger partial charge is 0.508 e. The lowest BCUT2D eigenvalue weighted by Crippen LogP contribution is -2.49. The van der Waals surface area contributed by atoms with Gasteiger partial charge in [-0.05, 0) is 12.1 Å². The Morgan fingerprint density at radius 3 is 3.00 bits per heavy atom. The minimum absolute atomic E-state index is 0.0501. The van der Waals surface area contributed by atoms with Gasteiger partial charge in [0.15, 0.2) is 0 Å². The number of phenolic OH excluding ortho intramolecular Hbond substituents is 1. The van der Waals surface area contributed by atoms with Gasteiger partial charge in [-0.1, -0.05) is 0 Å². The fourth-order valence-electron chi connectivity index (χ4n) is 2.00. The first-order valence-corrected chi connectivity index (χ1v) is 6.94. The molecule has 0 aliphatic carbocycles. The van der Waals surface area contributed by atoms with Crippen LogP contribution in [-0.4, -0.2) is 43.2 Å². The lowest BCUT2D eigenvalue weighted by atomic mass is 10.2. The Bertz CT molecular complexity index is 580. The Balaban J connectivity index is 2.06. The smallest absolute Gasteiger partial charge is 0.339 e. The Morgan fingerprint density at radius 2 is 2.32 bits per heavy atom. The Hall–Kier alpha value is -2.54. The summed E-state index contributed by atoms with van der Waals surface area (Å²) in [6, 6.07) is 4.37. The van der Waals surface area contributed by atoms with Crippen LogP contribution in [0.25, 0.3) is 0 Å². The summed E-state index contributed by atoms with van der Waals surface area (Å²) in [7, 11) is 1.72. The summed E-state index contributed by atoms with van der Waals surface area (Å²) in [6.07, 6.45) is 3.83. The Labute approximate surface area is 128 Å². The van der Waals surface area contributed by atoms with Gasteiger partial charge in [0.2, 0.25) is 0 Å². The SMILES string of the molecule is CN/C=C\C(=[NH2+])NC(=O)c1cc(O)cc(O[C@@H]2CCOC2)c1. The Kier molecular flexibility index (Phi) is 5.37. The van der Waals surface area contributed by atoms with E-state index in [1.165, 1.54) is 18.2 Å². The molecule has 1 fully saturated rings. The van der Waals surface area contributed by atoms with Crippen LogP contribution in [0.1, 0.15) is 16.8 Å². The van der Waals surface area contributed by atoms with Gasteiger partial charge < -0.3 is 19.9 Å². The van der Waals surface area contributed by atoms with E-state index < -0.39 is 5.91 Å². The van der Waals surface area contributed by atoms with Crippen molar-refractivity contribution in [1.82, 2.24) is 10.6 Å². The molecule has 0 saturated carbocycles. The molecule has 1 aliphatic rings. The molecular formula is C15H20N3O4+. The number of carbonyl (C=O) groups is 1. The van der Waals surface area contributed by atoms with E-state index in [2.05, 4.69) is 10.6 Å². The highest BCUT2D eigenvalue weighted by Gasteiger charge is 2.19. The van der Waals surface area contributed by atoms with Gasteiger partial charge in [0.05, 0.1) is 18.8 Å². The van der Waals surface area contributed by atoms with Crippen molar-refractivity contribution >= 4 is 11.7 Å². The molecule has 1 aromatic carbocycles. The van der Waals surface area contributed by atoms with Crippen molar-refractivity contribution in [3.8, 4) is 11.5 Å². The normalized spacial score (nSPS) is 17.4. The van der Waals surface area contributed by atoms with Crippen LogP contribution in [0.5, 0.6) is 11.5 Å². The van der Waals surface area contributed by atoms with Gasteiger partial charge in [0.25, 0.3) is 5.84 Å². The average Bonchev–Trinajstić information content (AvgIpc) is 2.97. The zero-order valence-electron chi connectivity index (χ0n) is 12.3. The number of phenols is 1. The van der Waals surface area contributed by atoms with Crippen LogP contribution in [0, 0.1) is 0 Å². The van der Waals surface area contributed by atoms with Gasteiger partial charge in [0.1, 0.15) is 17.6 Å². The highest BCUT2D eigenvalue weighted by molar-refractivity contribution is 6.08. The molecule has 0 aromatic heterocycles. The second-order valence-corrected chi connectivity index (χ2v) is 4.85. The van der Waals surface area contributed by atoms with Gasteiger partial charge in [-0.25, -0.2) is 10.1 Å². The van der Waals surface area contributed by atoms with Gasteiger partial charge >= 0.3 is 5.91 Å². The highest BCUT2D eigenvalue weighted by Crippen LogP contribution is 2.24.